The van der Waals surface area contributed by atoms with E-state index in [1.807, 2.05) is 0 Å². The fraction of sp³-hybridized carbons (Fsp3) is 0.837. The highest BCUT2D eigenvalue weighted by atomic mass is 16.3. The molecule has 0 rings (SSSR count). The minimum absolute atomic E-state index is 0.353. The van der Waals surface area contributed by atoms with Crippen molar-refractivity contribution in [2.45, 2.75) is 224 Å². The SMILES string of the molecule is CCCCC/C=C/CC/C=C/CCCC(O)C(O)C(CO)NC(=O)C(O)CCCCCCCC/C=C\CCCCCCCCCCCCC. The molecule has 288 valence electrons. The van der Waals surface area contributed by atoms with Crippen molar-refractivity contribution in [2.75, 3.05) is 6.61 Å². The fourth-order valence-corrected chi connectivity index (χ4v) is 6.18. The van der Waals surface area contributed by atoms with Crippen LogP contribution >= 0.6 is 0 Å². The number of hydrogen-bond acceptors (Lipinski definition) is 5. The maximum atomic E-state index is 12.5. The number of unbranched alkanes of at least 4 members (excludes halogenated alkanes) is 22. The molecule has 0 heterocycles. The van der Waals surface area contributed by atoms with Gasteiger partial charge in [0.05, 0.1) is 18.8 Å². The lowest BCUT2D eigenvalue weighted by Gasteiger charge is -2.27. The van der Waals surface area contributed by atoms with Crippen LogP contribution < -0.4 is 5.32 Å². The van der Waals surface area contributed by atoms with Gasteiger partial charge in [-0.3, -0.25) is 4.79 Å². The summed E-state index contributed by atoms with van der Waals surface area (Å²) in [5.41, 5.74) is 0. The Bertz CT molecular complexity index is 782. The number of nitrogens with one attached hydrogen (secondary N) is 1. The van der Waals surface area contributed by atoms with Crippen molar-refractivity contribution in [1.29, 1.82) is 0 Å². The lowest BCUT2D eigenvalue weighted by atomic mass is 10.00. The molecule has 4 unspecified atom stereocenters. The van der Waals surface area contributed by atoms with E-state index in [4.69, 9.17) is 0 Å². The Kier molecular flexibility index (Phi) is 36.6. The van der Waals surface area contributed by atoms with Crippen LogP contribution in [-0.2, 0) is 4.79 Å². The number of aliphatic hydroxyl groups excluding tert-OH is 4. The molecule has 4 atom stereocenters. The topological polar surface area (TPSA) is 110 Å². The Balaban J connectivity index is 3.79. The van der Waals surface area contributed by atoms with E-state index in [2.05, 4.69) is 55.6 Å². The number of aliphatic hydroxyl groups is 4. The van der Waals surface area contributed by atoms with E-state index in [9.17, 15) is 25.2 Å². The van der Waals surface area contributed by atoms with Crippen molar-refractivity contribution < 1.29 is 25.2 Å². The molecule has 0 aliphatic rings. The molecule has 6 heteroatoms. The maximum absolute atomic E-state index is 12.5. The van der Waals surface area contributed by atoms with Crippen molar-refractivity contribution in [2.24, 2.45) is 0 Å². The van der Waals surface area contributed by atoms with Crippen molar-refractivity contribution in [3.8, 4) is 0 Å². The zero-order valence-electron chi connectivity index (χ0n) is 32.2. The van der Waals surface area contributed by atoms with Gasteiger partial charge in [0.2, 0.25) is 5.91 Å². The predicted octanol–water partition coefficient (Wildman–Crippen LogP) is 10.6. The second kappa shape index (κ2) is 37.8. The molecular weight excluding hydrogens is 610 g/mol. The summed E-state index contributed by atoms with van der Waals surface area (Å²) < 4.78 is 0. The molecular formula is C43H81NO5. The molecule has 0 saturated heterocycles. The molecule has 1 amide bonds. The molecule has 49 heavy (non-hydrogen) atoms. The summed E-state index contributed by atoms with van der Waals surface area (Å²) in [7, 11) is 0. The first-order valence-electron chi connectivity index (χ1n) is 20.9. The van der Waals surface area contributed by atoms with Gasteiger partial charge < -0.3 is 25.7 Å². The number of amides is 1. The van der Waals surface area contributed by atoms with Crippen LogP contribution in [0.3, 0.4) is 0 Å². The average Bonchev–Trinajstić information content (AvgIpc) is 3.11. The lowest BCUT2D eigenvalue weighted by molar-refractivity contribution is -0.132. The normalized spacial score (nSPS) is 14.7. The van der Waals surface area contributed by atoms with Gasteiger partial charge >= 0.3 is 0 Å². The third-order valence-electron chi connectivity index (χ3n) is 9.55. The number of allylic oxidation sites excluding steroid dienone is 6. The van der Waals surface area contributed by atoms with E-state index in [1.165, 1.54) is 109 Å². The molecule has 0 aliphatic heterocycles. The Hall–Kier alpha value is -1.47. The highest BCUT2D eigenvalue weighted by Gasteiger charge is 2.28. The molecule has 0 aliphatic carbocycles. The summed E-state index contributed by atoms with van der Waals surface area (Å²) in [6.07, 6.45) is 43.2. The summed E-state index contributed by atoms with van der Waals surface area (Å²) in [6, 6.07) is -1.01. The predicted molar refractivity (Wildman–Crippen MR) is 210 cm³/mol. The van der Waals surface area contributed by atoms with Gasteiger partial charge in [-0.2, -0.15) is 0 Å². The van der Waals surface area contributed by atoms with Crippen LogP contribution in [0.15, 0.2) is 36.5 Å². The second-order valence-corrected chi connectivity index (χ2v) is 14.3. The van der Waals surface area contributed by atoms with Gasteiger partial charge in [0.1, 0.15) is 12.2 Å². The van der Waals surface area contributed by atoms with Crippen LogP contribution in [0.4, 0.5) is 0 Å². The first-order valence-corrected chi connectivity index (χ1v) is 20.9. The van der Waals surface area contributed by atoms with E-state index in [0.717, 1.165) is 57.8 Å². The Morgan fingerprint density at radius 1 is 0.490 bits per heavy atom. The number of carbonyl (C=O) groups is 1. The first kappa shape index (κ1) is 47.5. The third-order valence-corrected chi connectivity index (χ3v) is 9.55. The number of hydrogen-bond donors (Lipinski definition) is 5. The Morgan fingerprint density at radius 2 is 0.857 bits per heavy atom. The molecule has 0 radical (unpaired) electrons. The van der Waals surface area contributed by atoms with Crippen molar-refractivity contribution in [3.05, 3.63) is 36.5 Å². The van der Waals surface area contributed by atoms with Gasteiger partial charge in [-0.1, -0.05) is 159 Å². The number of carbonyl (C=O) groups excluding carboxylic acids is 1. The van der Waals surface area contributed by atoms with Crippen molar-refractivity contribution in [3.63, 3.8) is 0 Å². The largest absolute Gasteiger partial charge is 0.394 e. The molecule has 0 aromatic heterocycles. The summed E-state index contributed by atoms with van der Waals surface area (Å²) >= 11 is 0. The summed E-state index contributed by atoms with van der Waals surface area (Å²) in [5, 5.41) is 43.5. The van der Waals surface area contributed by atoms with Crippen molar-refractivity contribution >= 4 is 5.91 Å². The molecule has 0 bridgehead atoms. The molecule has 5 N–H and O–H groups in total. The molecule has 0 aromatic carbocycles. The van der Waals surface area contributed by atoms with Gasteiger partial charge in [-0.25, -0.2) is 0 Å². The highest BCUT2D eigenvalue weighted by Crippen LogP contribution is 2.14. The monoisotopic (exact) mass is 692 g/mol. The van der Waals surface area contributed by atoms with Crippen LogP contribution in [0.25, 0.3) is 0 Å². The van der Waals surface area contributed by atoms with E-state index in [1.54, 1.807) is 0 Å². The van der Waals surface area contributed by atoms with Crippen LogP contribution in [-0.4, -0.2) is 57.3 Å². The van der Waals surface area contributed by atoms with Gasteiger partial charge in [-0.05, 0) is 77.0 Å². The Morgan fingerprint density at radius 3 is 1.33 bits per heavy atom. The van der Waals surface area contributed by atoms with Crippen LogP contribution in [0.5, 0.6) is 0 Å². The van der Waals surface area contributed by atoms with E-state index < -0.39 is 36.9 Å². The van der Waals surface area contributed by atoms with E-state index in [-0.39, 0.29) is 0 Å². The standard InChI is InChI=1S/C43H81NO5/c1-3-5-7-9-11-13-15-17-18-19-20-21-22-23-24-25-27-29-31-33-35-37-41(47)43(49)44-39(38-45)42(48)40(46)36-34-32-30-28-26-16-14-12-10-8-6-4-2/h12,14,22-23,28,30,39-42,45-48H,3-11,13,15-21,24-27,29,31-38H2,1-2H3,(H,44,49)/b14-12+,23-22-,30-28+. The number of rotatable bonds is 37. The van der Waals surface area contributed by atoms with Gasteiger partial charge in [0.15, 0.2) is 0 Å². The third kappa shape index (κ3) is 32.2. The zero-order valence-corrected chi connectivity index (χ0v) is 32.2. The minimum Gasteiger partial charge on any atom is -0.394 e. The summed E-state index contributed by atoms with van der Waals surface area (Å²) in [5.74, 6) is -0.604. The van der Waals surface area contributed by atoms with Gasteiger partial charge in [0.25, 0.3) is 0 Å². The van der Waals surface area contributed by atoms with Gasteiger partial charge in [0, 0.05) is 0 Å². The van der Waals surface area contributed by atoms with Crippen LogP contribution in [0.1, 0.15) is 200 Å². The smallest absolute Gasteiger partial charge is 0.249 e. The minimum atomic E-state index is -1.29. The van der Waals surface area contributed by atoms with Gasteiger partial charge in [-0.15, -0.1) is 0 Å². The van der Waals surface area contributed by atoms with Crippen LogP contribution in [0.2, 0.25) is 0 Å². The maximum Gasteiger partial charge on any atom is 0.249 e. The lowest BCUT2D eigenvalue weighted by Crippen LogP contribution is -2.53. The molecule has 0 fully saturated rings. The average molecular weight is 692 g/mol. The Labute approximate surface area is 303 Å². The quantitative estimate of drug-likeness (QED) is 0.0329. The van der Waals surface area contributed by atoms with Crippen molar-refractivity contribution in [1.82, 2.24) is 5.32 Å². The molecule has 0 saturated carbocycles. The highest BCUT2D eigenvalue weighted by molar-refractivity contribution is 5.80. The van der Waals surface area contributed by atoms with E-state index in [0.29, 0.717) is 19.3 Å². The summed E-state index contributed by atoms with van der Waals surface area (Å²) in [4.78, 5) is 12.5. The second-order valence-electron chi connectivity index (χ2n) is 14.3. The zero-order chi connectivity index (χ0) is 36.0. The molecule has 6 nitrogen and oxygen atoms in total. The molecule has 0 spiro atoms. The fourth-order valence-electron chi connectivity index (χ4n) is 6.18. The van der Waals surface area contributed by atoms with E-state index >= 15 is 0 Å². The first-order chi connectivity index (χ1) is 24.0. The van der Waals surface area contributed by atoms with Crippen LogP contribution in [0, 0.1) is 0 Å². The molecule has 0 aromatic rings. The summed E-state index contributed by atoms with van der Waals surface area (Å²) in [6.45, 7) is 3.99.